The molecule has 0 aliphatic heterocycles. The lowest BCUT2D eigenvalue weighted by molar-refractivity contribution is 0.102. The second-order valence-electron chi connectivity index (χ2n) is 7.81. The number of benzene rings is 3. The maximum absolute atomic E-state index is 13.1. The SMILES string of the molecule is CCN(CC)S(=O)(=O)c1cccc(-c2nnc(SCC(=O)c3ccc(Br)cc3)n2-c2ccccc2)c1. The summed E-state index contributed by atoms with van der Waals surface area (Å²) in [5, 5.41) is 9.30. The van der Waals surface area contributed by atoms with E-state index < -0.39 is 10.0 Å². The molecule has 4 rings (SSSR count). The molecule has 0 unspecified atom stereocenters. The molecular weight excluding hydrogens is 560 g/mol. The molecule has 4 aromatic rings. The van der Waals surface area contributed by atoms with Gasteiger partial charge in [-0.3, -0.25) is 9.36 Å². The van der Waals surface area contributed by atoms with Crippen molar-refractivity contribution < 1.29 is 13.2 Å². The lowest BCUT2D eigenvalue weighted by Gasteiger charge is -2.19. The van der Waals surface area contributed by atoms with Gasteiger partial charge in [-0.15, -0.1) is 10.2 Å². The first-order chi connectivity index (χ1) is 17.3. The fourth-order valence-corrected chi connectivity index (χ4v) is 6.33. The molecule has 0 amide bonds. The molecule has 0 fully saturated rings. The number of para-hydroxylation sites is 1. The summed E-state index contributed by atoms with van der Waals surface area (Å²) in [5.41, 5.74) is 2.05. The number of Topliss-reactive ketones (excluding diaryl/α,β-unsaturated/α-hetero) is 1. The van der Waals surface area contributed by atoms with Gasteiger partial charge in [-0.05, 0) is 36.4 Å². The number of hydrogen-bond acceptors (Lipinski definition) is 6. The van der Waals surface area contributed by atoms with E-state index in [2.05, 4.69) is 26.1 Å². The highest BCUT2D eigenvalue weighted by Gasteiger charge is 2.24. The van der Waals surface area contributed by atoms with E-state index in [0.29, 0.717) is 35.2 Å². The predicted molar refractivity (Wildman–Crippen MR) is 146 cm³/mol. The highest BCUT2D eigenvalue weighted by molar-refractivity contribution is 9.10. The minimum atomic E-state index is -3.63. The van der Waals surface area contributed by atoms with Crippen molar-refractivity contribution in [3.63, 3.8) is 0 Å². The van der Waals surface area contributed by atoms with Crippen LogP contribution in [0.3, 0.4) is 0 Å². The molecule has 0 atom stereocenters. The Kier molecular flexibility index (Phi) is 8.40. The first kappa shape index (κ1) is 26.3. The molecule has 186 valence electrons. The van der Waals surface area contributed by atoms with E-state index in [0.717, 1.165) is 10.2 Å². The zero-order valence-corrected chi connectivity index (χ0v) is 23.1. The summed E-state index contributed by atoms with van der Waals surface area (Å²) in [4.78, 5) is 13.0. The van der Waals surface area contributed by atoms with Crippen LogP contribution in [0, 0.1) is 0 Å². The molecule has 1 heterocycles. The third-order valence-electron chi connectivity index (χ3n) is 5.58. The fraction of sp³-hybridized carbons (Fsp3) is 0.192. The zero-order chi connectivity index (χ0) is 25.7. The van der Waals surface area contributed by atoms with Crippen LogP contribution in [0.2, 0.25) is 0 Å². The Hall–Kier alpha value is -2.79. The molecule has 0 radical (unpaired) electrons. The summed E-state index contributed by atoms with van der Waals surface area (Å²) in [6, 6.07) is 23.5. The number of thioether (sulfide) groups is 1. The molecule has 3 aromatic carbocycles. The standard InChI is InChI=1S/C26H25BrN4O3S2/c1-3-30(4-2)36(33,34)23-12-8-9-20(17-23)25-28-29-26(31(25)22-10-6-5-7-11-22)35-18-24(32)19-13-15-21(27)16-14-19/h5-17H,3-4,18H2,1-2H3. The minimum absolute atomic E-state index is 0.0241. The van der Waals surface area contributed by atoms with Crippen molar-refractivity contribution in [2.45, 2.75) is 23.9 Å². The molecule has 7 nitrogen and oxygen atoms in total. The number of sulfonamides is 1. The summed E-state index contributed by atoms with van der Waals surface area (Å²) in [6.07, 6.45) is 0. The number of carbonyl (C=O) groups is 1. The average Bonchev–Trinajstić information content (AvgIpc) is 3.33. The summed E-state index contributed by atoms with van der Waals surface area (Å²) < 4.78 is 30.4. The molecule has 0 spiro atoms. The number of aromatic nitrogens is 3. The van der Waals surface area contributed by atoms with Gasteiger partial charge in [0.15, 0.2) is 16.8 Å². The van der Waals surface area contributed by atoms with Gasteiger partial charge >= 0.3 is 0 Å². The van der Waals surface area contributed by atoms with Crippen molar-refractivity contribution in [3.8, 4) is 17.1 Å². The summed E-state index contributed by atoms with van der Waals surface area (Å²) in [6.45, 7) is 4.40. The summed E-state index contributed by atoms with van der Waals surface area (Å²) in [7, 11) is -3.63. The number of ketones is 1. The van der Waals surface area contributed by atoms with Crippen molar-refractivity contribution in [1.82, 2.24) is 19.1 Å². The van der Waals surface area contributed by atoms with Gasteiger partial charge in [0, 0.05) is 34.4 Å². The normalized spacial score (nSPS) is 11.7. The van der Waals surface area contributed by atoms with Crippen LogP contribution in [-0.4, -0.2) is 52.1 Å². The Morgan fingerprint density at radius 1 is 0.944 bits per heavy atom. The molecule has 0 aliphatic carbocycles. The zero-order valence-electron chi connectivity index (χ0n) is 19.8. The lowest BCUT2D eigenvalue weighted by atomic mass is 10.2. The first-order valence-corrected chi connectivity index (χ1v) is 14.6. The lowest BCUT2D eigenvalue weighted by Crippen LogP contribution is -2.30. The van der Waals surface area contributed by atoms with E-state index in [-0.39, 0.29) is 16.4 Å². The monoisotopic (exact) mass is 584 g/mol. The van der Waals surface area contributed by atoms with Crippen molar-refractivity contribution in [2.24, 2.45) is 0 Å². The van der Waals surface area contributed by atoms with E-state index in [1.165, 1.54) is 16.1 Å². The molecule has 10 heteroatoms. The van der Waals surface area contributed by atoms with Gasteiger partial charge in [0.1, 0.15) is 0 Å². The van der Waals surface area contributed by atoms with Crippen LogP contribution in [0.5, 0.6) is 0 Å². The molecule has 1 aromatic heterocycles. The Morgan fingerprint density at radius 3 is 2.31 bits per heavy atom. The third-order valence-corrected chi connectivity index (χ3v) is 9.09. The second kappa shape index (κ2) is 11.5. The van der Waals surface area contributed by atoms with Crippen LogP contribution in [0.25, 0.3) is 17.1 Å². The van der Waals surface area contributed by atoms with E-state index >= 15 is 0 Å². The van der Waals surface area contributed by atoms with Crippen molar-refractivity contribution in [3.05, 3.63) is 88.9 Å². The van der Waals surface area contributed by atoms with Crippen molar-refractivity contribution >= 4 is 43.5 Å². The minimum Gasteiger partial charge on any atom is -0.293 e. The molecule has 0 saturated carbocycles. The van der Waals surface area contributed by atoms with Crippen LogP contribution in [-0.2, 0) is 10.0 Å². The van der Waals surface area contributed by atoms with E-state index in [4.69, 9.17) is 0 Å². The van der Waals surface area contributed by atoms with E-state index in [1.807, 2.05) is 66.9 Å². The Bertz CT molecular complexity index is 1450. The van der Waals surface area contributed by atoms with Crippen LogP contribution in [0.1, 0.15) is 24.2 Å². The predicted octanol–water partition coefficient (Wildman–Crippen LogP) is 5.70. The van der Waals surface area contributed by atoms with Gasteiger partial charge in [-0.25, -0.2) is 8.42 Å². The van der Waals surface area contributed by atoms with Gasteiger partial charge < -0.3 is 0 Å². The Labute approximate surface area is 223 Å². The topological polar surface area (TPSA) is 85.2 Å². The first-order valence-electron chi connectivity index (χ1n) is 11.4. The van der Waals surface area contributed by atoms with E-state index in [1.54, 1.807) is 30.3 Å². The highest BCUT2D eigenvalue weighted by Crippen LogP contribution is 2.30. The summed E-state index contributed by atoms with van der Waals surface area (Å²) >= 11 is 4.67. The molecular formula is C26H25BrN4O3S2. The fourth-order valence-electron chi connectivity index (χ4n) is 3.72. The van der Waals surface area contributed by atoms with Gasteiger partial charge in [-0.2, -0.15) is 4.31 Å². The third kappa shape index (κ3) is 5.62. The van der Waals surface area contributed by atoms with Crippen LogP contribution >= 0.6 is 27.7 Å². The van der Waals surface area contributed by atoms with Crippen LogP contribution in [0.4, 0.5) is 0 Å². The number of carbonyl (C=O) groups excluding carboxylic acids is 1. The molecule has 0 saturated heterocycles. The van der Waals surface area contributed by atoms with E-state index in [9.17, 15) is 13.2 Å². The molecule has 0 N–H and O–H groups in total. The van der Waals surface area contributed by atoms with Crippen molar-refractivity contribution in [2.75, 3.05) is 18.8 Å². The highest BCUT2D eigenvalue weighted by atomic mass is 79.9. The number of rotatable bonds is 10. The van der Waals surface area contributed by atoms with Gasteiger partial charge in [0.25, 0.3) is 0 Å². The summed E-state index contributed by atoms with van der Waals surface area (Å²) in [5.74, 6) is 0.656. The molecule has 0 bridgehead atoms. The number of halogens is 1. The molecule has 36 heavy (non-hydrogen) atoms. The largest absolute Gasteiger partial charge is 0.293 e. The smallest absolute Gasteiger partial charge is 0.243 e. The van der Waals surface area contributed by atoms with Gasteiger partial charge in [0.2, 0.25) is 10.0 Å². The number of hydrogen-bond donors (Lipinski definition) is 0. The Morgan fingerprint density at radius 2 is 1.64 bits per heavy atom. The van der Waals surface area contributed by atoms with Crippen LogP contribution in [0.15, 0.2) is 93.4 Å². The Balaban J connectivity index is 1.71. The number of nitrogens with zero attached hydrogens (tertiary/aromatic N) is 4. The van der Waals surface area contributed by atoms with Crippen molar-refractivity contribution in [1.29, 1.82) is 0 Å². The van der Waals surface area contributed by atoms with Crippen LogP contribution < -0.4 is 0 Å². The maximum atomic E-state index is 13.1. The van der Waals surface area contributed by atoms with Gasteiger partial charge in [-0.1, -0.05) is 84.0 Å². The quantitative estimate of drug-likeness (QED) is 0.175. The second-order valence-corrected chi connectivity index (χ2v) is 11.6. The average molecular weight is 586 g/mol. The van der Waals surface area contributed by atoms with Gasteiger partial charge in [0.05, 0.1) is 10.6 Å². The maximum Gasteiger partial charge on any atom is 0.243 e. The molecule has 0 aliphatic rings.